The highest BCUT2D eigenvalue weighted by molar-refractivity contribution is 6.09. The first kappa shape index (κ1) is 16.7. The number of carbonyl (C=O) groups is 3. The zero-order valence-corrected chi connectivity index (χ0v) is 13.9. The minimum absolute atomic E-state index is 0.167. The summed E-state index contributed by atoms with van der Waals surface area (Å²) >= 11 is 0. The molecule has 0 bridgehead atoms. The average Bonchev–Trinajstić information content (AvgIpc) is 2.90. The third-order valence-electron chi connectivity index (χ3n) is 4.18. The van der Waals surface area contributed by atoms with Gasteiger partial charge in [0.15, 0.2) is 0 Å². The van der Waals surface area contributed by atoms with Crippen molar-refractivity contribution in [3.05, 3.63) is 71.3 Å². The van der Waals surface area contributed by atoms with Gasteiger partial charge < -0.3 is 5.32 Å². The summed E-state index contributed by atoms with van der Waals surface area (Å²) in [5.41, 5.74) is 2.86. The van der Waals surface area contributed by atoms with Crippen LogP contribution in [0, 0.1) is 6.92 Å². The van der Waals surface area contributed by atoms with Crippen molar-refractivity contribution in [2.75, 3.05) is 6.54 Å². The van der Waals surface area contributed by atoms with Crippen LogP contribution in [0.3, 0.4) is 0 Å². The number of carbonyl (C=O) groups excluding carboxylic acids is 3. The lowest BCUT2D eigenvalue weighted by Gasteiger charge is -2.17. The SMILES string of the molecule is Cc1ccccc1CNC(=O)N1CC(=O)N(Cc2ccccc2)C1=O. The van der Waals surface area contributed by atoms with Crippen LogP contribution in [0.1, 0.15) is 16.7 Å². The molecule has 0 radical (unpaired) electrons. The van der Waals surface area contributed by atoms with Gasteiger partial charge in [-0.15, -0.1) is 0 Å². The second-order valence-corrected chi connectivity index (χ2v) is 5.92. The first-order valence-electron chi connectivity index (χ1n) is 8.04. The Morgan fingerprint density at radius 2 is 1.72 bits per heavy atom. The van der Waals surface area contributed by atoms with Gasteiger partial charge in [-0.1, -0.05) is 54.6 Å². The fourth-order valence-corrected chi connectivity index (χ4v) is 2.70. The zero-order valence-electron chi connectivity index (χ0n) is 13.9. The van der Waals surface area contributed by atoms with Crippen molar-refractivity contribution >= 4 is 18.0 Å². The van der Waals surface area contributed by atoms with Gasteiger partial charge in [0, 0.05) is 6.54 Å². The van der Waals surface area contributed by atoms with Crippen molar-refractivity contribution in [1.82, 2.24) is 15.1 Å². The first-order valence-corrected chi connectivity index (χ1v) is 8.04. The first-order chi connectivity index (χ1) is 12.1. The number of benzene rings is 2. The summed E-state index contributed by atoms with van der Waals surface area (Å²) in [5.74, 6) is -0.375. The van der Waals surface area contributed by atoms with E-state index < -0.39 is 12.1 Å². The summed E-state index contributed by atoms with van der Waals surface area (Å²) < 4.78 is 0. The largest absolute Gasteiger partial charge is 0.335 e. The third kappa shape index (κ3) is 3.68. The minimum Gasteiger partial charge on any atom is -0.333 e. The van der Waals surface area contributed by atoms with Crippen LogP contribution in [0.15, 0.2) is 54.6 Å². The van der Waals surface area contributed by atoms with E-state index in [2.05, 4.69) is 5.32 Å². The number of urea groups is 2. The van der Waals surface area contributed by atoms with Crippen LogP contribution in [-0.4, -0.2) is 34.3 Å². The maximum absolute atomic E-state index is 12.4. The smallest absolute Gasteiger partial charge is 0.333 e. The molecule has 5 amide bonds. The monoisotopic (exact) mass is 337 g/mol. The summed E-state index contributed by atoms with van der Waals surface area (Å²) in [5, 5.41) is 2.70. The van der Waals surface area contributed by atoms with Crippen molar-refractivity contribution < 1.29 is 14.4 Å². The van der Waals surface area contributed by atoms with E-state index in [9.17, 15) is 14.4 Å². The van der Waals surface area contributed by atoms with Crippen LogP contribution in [0.25, 0.3) is 0 Å². The lowest BCUT2D eigenvalue weighted by molar-refractivity contribution is -0.125. The number of nitrogens with one attached hydrogen (secondary N) is 1. The number of hydrogen-bond donors (Lipinski definition) is 1. The van der Waals surface area contributed by atoms with E-state index in [0.717, 1.165) is 26.5 Å². The second-order valence-electron chi connectivity index (χ2n) is 5.92. The Morgan fingerprint density at radius 3 is 2.44 bits per heavy atom. The lowest BCUT2D eigenvalue weighted by Crippen LogP contribution is -2.42. The molecule has 1 N–H and O–H groups in total. The van der Waals surface area contributed by atoms with E-state index in [1.54, 1.807) is 0 Å². The molecule has 0 atom stereocenters. The van der Waals surface area contributed by atoms with Crippen LogP contribution < -0.4 is 5.32 Å². The van der Waals surface area contributed by atoms with Gasteiger partial charge in [-0.2, -0.15) is 0 Å². The van der Waals surface area contributed by atoms with Crippen LogP contribution in [0.4, 0.5) is 9.59 Å². The van der Waals surface area contributed by atoms with Crippen LogP contribution in [0.2, 0.25) is 0 Å². The fourth-order valence-electron chi connectivity index (χ4n) is 2.70. The zero-order chi connectivity index (χ0) is 17.8. The quantitative estimate of drug-likeness (QED) is 0.872. The van der Waals surface area contributed by atoms with Crippen molar-refractivity contribution in [2.45, 2.75) is 20.0 Å². The Balaban J connectivity index is 1.63. The molecule has 0 aliphatic carbocycles. The van der Waals surface area contributed by atoms with E-state index >= 15 is 0 Å². The summed E-state index contributed by atoms with van der Waals surface area (Å²) in [4.78, 5) is 38.9. The summed E-state index contributed by atoms with van der Waals surface area (Å²) in [6.07, 6.45) is 0. The highest BCUT2D eigenvalue weighted by Crippen LogP contribution is 2.15. The molecule has 25 heavy (non-hydrogen) atoms. The number of aryl methyl sites for hydroxylation is 1. The van der Waals surface area contributed by atoms with Gasteiger partial charge in [-0.25, -0.2) is 14.5 Å². The number of imide groups is 2. The molecule has 0 spiro atoms. The molecule has 1 aliphatic rings. The molecule has 2 aromatic rings. The molecular weight excluding hydrogens is 318 g/mol. The summed E-state index contributed by atoms with van der Waals surface area (Å²) in [6, 6.07) is 15.7. The minimum atomic E-state index is -0.587. The van der Waals surface area contributed by atoms with Crippen LogP contribution >= 0.6 is 0 Å². The highest BCUT2D eigenvalue weighted by Gasteiger charge is 2.39. The molecule has 3 rings (SSSR count). The molecular formula is C19H19N3O3. The maximum Gasteiger partial charge on any atom is 0.335 e. The topological polar surface area (TPSA) is 69.7 Å². The number of rotatable bonds is 4. The van der Waals surface area contributed by atoms with Gasteiger partial charge in [0.2, 0.25) is 0 Å². The van der Waals surface area contributed by atoms with Gasteiger partial charge in [0.25, 0.3) is 5.91 Å². The molecule has 1 saturated heterocycles. The predicted molar refractivity (Wildman–Crippen MR) is 92.5 cm³/mol. The Morgan fingerprint density at radius 1 is 1.04 bits per heavy atom. The fraction of sp³-hybridized carbons (Fsp3) is 0.211. The molecule has 1 aliphatic heterocycles. The number of nitrogens with zero attached hydrogens (tertiary/aromatic N) is 2. The highest BCUT2D eigenvalue weighted by atomic mass is 16.2. The molecule has 0 aromatic heterocycles. The Kier molecular flexibility index (Phi) is 4.79. The Labute approximate surface area is 146 Å². The van der Waals surface area contributed by atoms with Crippen molar-refractivity contribution in [3.8, 4) is 0 Å². The molecule has 1 heterocycles. The van der Waals surface area contributed by atoms with Gasteiger partial charge in [0.1, 0.15) is 6.54 Å². The van der Waals surface area contributed by atoms with Gasteiger partial charge in [0.05, 0.1) is 6.54 Å². The molecule has 0 saturated carbocycles. The summed E-state index contributed by atoms with van der Waals surface area (Å²) in [6.45, 7) is 2.20. The molecule has 1 fully saturated rings. The maximum atomic E-state index is 12.4. The normalized spacial score (nSPS) is 14.1. The van der Waals surface area contributed by atoms with Crippen LogP contribution in [-0.2, 0) is 17.9 Å². The van der Waals surface area contributed by atoms with Crippen molar-refractivity contribution in [2.24, 2.45) is 0 Å². The van der Waals surface area contributed by atoms with E-state index in [4.69, 9.17) is 0 Å². The second kappa shape index (κ2) is 7.17. The molecule has 6 nitrogen and oxygen atoms in total. The Bertz CT molecular complexity index is 805. The van der Waals surface area contributed by atoms with Gasteiger partial charge in [-0.3, -0.25) is 9.69 Å². The number of amides is 5. The van der Waals surface area contributed by atoms with E-state index in [1.807, 2.05) is 61.5 Å². The average molecular weight is 337 g/mol. The standard InChI is InChI=1S/C19H19N3O3/c1-14-7-5-6-10-16(14)11-20-18(24)22-13-17(23)21(19(22)25)12-15-8-3-2-4-9-15/h2-10H,11-13H2,1H3,(H,20,24). The molecule has 0 unspecified atom stereocenters. The predicted octanol–water partition coefficient (Wildman–Crippen LogP) is 2.67. The lowest BCUT2D eigenvalue weighted by atomic mass is 10.1. The molecule has 2 aromatic carbocycles. The van der Waals surface area contributed by atoms with Gasteiger partial charge in [-0.05, 0) is 23.6 Å². The van der Waals surface area contributed by atoms with E-state index in [0.29, 0.717) is 6.54 Å². The van der Waals surface area contributed by atoms with Crippen molar-refractivity contribution in [3.63, 3.8) is 0 Å². The molecule has 128 valence electrons. The van der Waals surface area contributed by atoms with Crippen LogP contribution in [0.5, 0.6) is 0 Å². The Hall–Kier alpha value is -3.15. The number of hydrogen-bond acceptors (Lipinski definition) is 3. The van der Waals surface area contributed by atoms with E-state index in [-0.39, 0.29) is 19.0 Å². The van der Waals surface area contributed by atoms with E-state index in [1.165, 1.54) is 0 Å². The van der Waals surface area contributed by atoms with Gasteiger partial charge >= 0.3 is 12.1 Å². The summed E-state index contributed by atoms with van der Waals surface area (Å²) in [7, 11) is 0. The molecule has 6 heteroatoms. The third-order valence-corrected chi connectivity index (χ3v) is 4.18. The van der Waals surface area contributed by atoms with Crippen molar-refractivity contribution in [1.29, 1.82) is 0 Å².